The van der Waals surface area contributed by atoms with Crippen molar-refractivity contribution in [1.82, 2.24) is 20.4 Å². The Balaban J connectivity index is 2.07. The summed E-state index contributed by atoms with van der Waals surface area (Å²) in [5.41, 5.74) is 4.09. The number of amides is 1. The second kappa shape index (κ2) is 5.44. The number of aryl methyl sites for hydroxylation is 2. The molecule has 8 nitrogen and oxygen atoms in total. The molecule has 100 valence electrons. The molecule has 8 heteroatoms. The molecule has 0 spiro atoms. The third kappa shape index (κ3) is 3.05. The lowest BCUT2D eigenvalue weighted by atomic mass is 10.2. The molecule has 1 amide bonds. The molecule has 0 saturated carbocycles. The van der Waals surface area contributed by atoms with E-state index < -0.39 is 0 Å². The Hall–Kier alpha value is -2.48. The number of nitrogens with one attached hydrogen (secondary N) is 2. The van der Waals surface area contributed by atoms with Crippen molar-refractivity contribution < 1.29 is 9.32 Å². The number of nitrogens with two attached hydrogens (primary N) is 1. The molecule has 4 N–H and O–H groups in total. The second-order valence-electron chi connectivity index (χ2n) is 3.93. The van der Waals surface area contributed by atoms with Crippen molar-refractivity contribution in [3.63, 3.8) is 0 Å². The van der Waals surface area contributed by atoms with E-state index in [4.69, 9.17) is 10.4 Å². The van der Waals surface area contributed by atoms with Gasteiger partial charge in [-0.05, 0) is 19.9 Å². The number of aromatic nitrogens is 3. The summed E-state index contributed by atoms with van der Waals surface area (Å²) in [5, 5.41) is 6.28. The molecule has 0 saturated heterocycles. The Morgan fingerprint density at radius 3 is 2.89 bits per heavy atom. The maximum absolute atomic E-state index is 12.0. The van der Waals surface area contributed by atoms with Gasteiger partial charge >= 0.3 is 0 Å². The summed E-state index contributed by atoms with van der Waals surface area (Å²) in [6, 6.07) is 1.69. The van der Waals surface area contributed by atoms with Crippen molar-refractivity contribution in [1.29, 1.82) is 0 Å². The average Bonchev–Trinajstić information content (AvgIpc) is 2.81. The van der Waals surface area contributed by atoms with Crippen LogP contribution in [0.15, 0.2) is 16.8 Å². The standard InChI is InChI=1S/C11H14N6O2/c1-6-3-9(16-12)8(4-13-6)11(18)14-5-10-15-7(2)17-19-10/h3-4H,5,12H2,1-2H3,(H,13,16)(H,14,18). The second-order valence-corrected chi connectivity index (χ2v) is 3.93. The van der Waals surface area contributed by atoms with E-state index in [9.17, 15) is 4.79 Å². The number of carbonyl (C=O) groups is 1. The highest BCUT2D eigenvalue weighted by atomic mass is 16.5. The Morgan fingerprint density at radius 1 is 1.47 bits per heavy atom. The summed E-state index contributed by atoms with van der Waals surface area (Å²) in [4.78, 5) is 20.0. The highest BCUT2D eigenvalue weighted by Gasteiger charge is 2.13. The average molecular weight is 262 g/mol. The summed E-state index contributed by atoms with van der Waals surface area (Å²) in [6.45, 7) is 3.66. The highest BCUT2D eigenvalue weighted by molar-refractivity contribution is 5.99. The van der Waals surface area contributed by atoms with E-state index in [0.29, 0.717) is 23.0 Å². The van der Waals surface area contributed by atoms with Gasteiger partial charge in [0.25, 0.3) is 5.91 Å². The van der Waals surface area contributed by atoms with Gasteiger partial charge in [0.05, 0.1) is 17.8 Å². The third-order valence-electron chi connectivity index (χ3n) is 2.41. The van der Waals surface area contributed by atoms with Crippen LogP contribution in [0.25, 0.3) is 0 Å². The van der Waals surface area contributed by atoms with Gasteiger partial charge in [0.2, 0.25) is 5.89 Å². The molecular formula is C11H14N6O2. The van der Waals surface area contributed by atoms with Crippen LogP contribution in [0.5, 0.6) is 0 Å². The first-order chi connectivity index (χ1) is 9.10. The number of hydrogen-bond donors (Lipinski definition) is 3. The minimum atomic E-state index is -0.323. The first-order valence-corrected chi connectivity index (χ1v) is 5.61. The summed E-state index contributed by atoms with van der Waals surface area (Å²) < 4.78 is 4.89. The molecule has 2 heterocycles. The maximum Gasteiger partial charge on any atom is 0.255 e. The quantitative estimate of drug-likeness (QED) is 0.535. The normalized spacial score (nSPS) is 10.3. The van der Waals surface area contributed by atoms with Crippen LogP contribution in [-0.2, 0) is 6.54 Å². The van der Waals surface area contributed by atoms with Crippen LogP contribution in [0.2, 0.25) is 0 Å². The van der Waals surface area contributed by atoms with Crippen molar-refractivity contribution in [3.05, 3.63) is 35.2 Å². The monoisotopic (exact) mass is 262 g/mol. The van der Waals surface area contributed by atoms with E-state index in [1.807, 2.05) is 6.92 Å². The molecule has 0 aromatic carbocycles. The summed E-state index contributed by atoms with van der Waals surface area (Å²) in [7, 11) is 0. The van der Waals surface area contributed by atoms with Crippen molar-refractivity contribution in [2.45, 2.75) is 20.4 Å². The Kier molecular flexibility index (Phi) is 3.71. The van der Waals surface area contributed by atoms with Crippen molar-refractivity contribution in [3.8, 4) is 0 Å². The van der Waals surface area contributed by atoms with Gasteiger partial charge in [-0.1, -0.05) is 5.16 Å². The molecule has 0 bridgehead atoms. The van der Waals surface area contributed by atoms with E-state index in [2.05, 4.69) is 25.9 Å². The lowest BCUT2D eigenvalue weighted by Crippen LogP contribution is -2.25. The fourth-order valence-electron chi connectivity index (χ4n) is 1.52. The van der Waals surface area contributed by atoms with Crippen LogP contribution in [0, 0.1) is 13.8 Å². The van der Waals surface area contributed by atoms with Gasteiger partial charge < -0.3 is 15.3 Å². The third-order valence-corrected chi connectivity index (χ3v) is 2.41. The lowest BCUT2D eigenvalue weighted by molar-refractivity contribution is 0.0946. The van der Waals surface area contributed by atoms with Crippen LogP contribution < -0.4 is 16.6 Å². The molecule has 0 aliphatic carbocycles. The zero-order chi connectivity index (χ0) is 13.8. The summed E-state index contributed by atoms with van der Waals surface area (Å²) >= 11 is 0. The van der Waals surface area contributed by atoms with Gasteiger partial charge in [-0.25, -0.2) is 0 Å². The molecule has 0 atom stereocenters. The van der Waals surface area contributed by atoms with Crippen LogP contribution in [0.3, 0.4) is 0 Å². The van der Waals surface area contributed by atoms with Crippen LogP contribution in [0.4, 0.5) is 5.69 Å². The highest BCUT2D eigenvalue weighted by Crippen LogP contribution is 2.14. The first kappa shape index (κ1) is 13.0. The summed E-state index contributed by atoms with van der Waals surface area (Å²) in [6.07, 6.45) is 1.46. The van der Waals surface area contributed by atoms with E-state index in [0.717, 1.165) is 5.69 Å². The Bertz CT molecular complexity index is 595. The lowest BCUT2D eigenvalue weighted by Gasteiger charge is -2.08. The number of hydrazine groups is 1. The van der Waals surface area contributed by atoms with Gasteiger partial charge in [-0.15, -0.1) is 0 Å². The molecule has 2 aromatic rings. The van der Waals surface area contributed by atoms with Crippen LogP contribution >= 0.6 is 0 Å². The van der Waals surface area contributed by atoms with E-state index in [1.165, 1.54) is 6.20 Å². The number of anilines is 1. The first-order valence-electron chi connectivity index (χ1n) is 5.61. The number of rotatable bonds is 4. The number of nitrogen functional groups attached to an aromatic ring is 1. The molecular weight excluding hydrogens is 248 g/mol. The van der Waals surface area contributed by atoms with Gasteiger partial charge in [-0.3, -0.25) is 15.6 Å². The van der Waals surface area contributed by atoms with Crippen molar-refractivity contribution >= 4 is 11.6 Å². The zero-order valence-corrected chi connectivity index (χ0v) is 10.6. The van der Waals surface area contributed by atoms with Crippen molar-refractivity contribution in [2.75, 3.05) is 5.43 Å². The van der Waals surface area contributed by atoms with E-state index in [-0.39, 0.29) is 12.5 Å². The predicted octanol–water partition coefficient (Wildman–Crippen LogP) is 0.297. The SMILES string of the molecule is Cc1cc(NN)c(C(=O)NCc2nc(C)no2)cn1. The molecule has 2 aromatic heterocycles. The number of nitrogens with zero attached hydrogens (tertiary/aromatic N) is 3. The zero-order valence-electron chi connectivity index (χ0n) is 10.6. The molecule has 0 unspecified atom stereocenters. The Morgan fingerprint density at radius 2 is 2.26 bits per heavy atom. The van der Waals surface area contributed by atoms with E-state index in [1.54, 1.807) is 13.0 Å². The Labute approximate surface area is 109 Å². The van der Waals surface area contributed by atoms with Gasteiger partial charge in [-0.2, -0.15) is 4.98 Å². The fraction of sp³-hybridized carbons (Fsp3) is 0.273. The van der Waals surface area contributed by atoms with Gasteiger partial charge in [0.15, 0.2) is 5.82 Å². The fourth-order valence-corrected chi connectivity index (χ4v) is 1.52. The minimum Gasteiger partial charge on any atom is -0.343 e. The maximum atomic E-state index is 12.0. The molecule has 0 aliphatic rings. The smallest absolute Gasteiger partial charge is 0.255 e. The number of hydrogen-bond acceptors (Lipinski definition) is 7. The van der Waals surface area contributed by atoms with E-state index >= 15 is 0 Å². The van der Waals surface area contributed by atoms with Crippen molar-refractivity contribution in [2.24, 2.45) is 5.84 Å². The van der Waals surface area contributed by atoms with Gasteiger partial charge in [0, 0.05) is 11.9 Å². The number of pyridine rings is 1. The predicted molar refractivity (Wildman–Crippen MR) is 67.0 cm³/mol. The minimum absolute atomic E-state index is 0.150. The molecule has 0 fully saturated rings. The summed E-state index contributed by atoms with van der Waals surface area (Å²) in [5.74, 6) is 5.91. The molecule has 2 rings (SSSR count). The van der Waals surface area contributed by atoms with Crippen LogP contribution in [-0.4, -0.2) is 21.0 Å². The topological polar surface area (TPSA) is 119 Å². The number of carbonyl (C=O) groups excluding carboxylic acids is 1. The molecule has 19 heavy (non-hydrogen) atoms. The molecule has 0 radical (unpaired) electrons. The van der Waals surface area contributed by atoms with Gasteiger partial charge in [0.1, 0.15) is 0 Å². The molecule has 0 aliphatic heterocycles. The largest absolute Gasteiger partial charge is 0.343 e. The van der Waals surface area contributed by atoms with Crippen LogP contribution in [0.1, 0.15) is 27.8 Å².